The van der Waals surface area contributed by atoms with E-state index in [1.165, 1.54) is 0 Å². The molecule has 9 heteroatoms. The third-order valence-corrected chi connectivity index (χ3v) is 6.87. The van der Waals surface area contributed by atoms with Crippen molar-refractivity contribution in [2.75, 3.05) is 39.4 Å². The molecule has 1 unspecified atom stereocenters. The van der Waals surface area contributed by atoms with E-state index >= 15 is 0 Å². The Kier molecular flexibility index (Phi) is 5.54. The first kappa shape index (κ1) is 21.5. The lowest BCUT2D eigenvalue weighted by Gasteiger charge is -2.30. The summed E-state index contributed by atoms with van der Waals surface area (Å²) < 4.78 is 6.98. The Hall–Kier alpha value is -3.98. The second-order valence-corrected chi connectivity index (χ2v) is 8.99. The molecule has 1 N–H and O–H groups in total. The number of carbonyl (C=O) groups excluding carboxylic acids is 1. The van der Waals surface area contributed by atoms with Gasteiger partial charge in [0.1, 0.15) is 5.82 Å². The summed E-state index contributed by atoms with van der Waals surface area (Å²) in [6, 6.07) is 18.1. The fourth-order valence-corrected chi connectivity index (χ4v) is 4.98. The summed E-state index contributed by atoms with van der Waals surface area (Å²) >= 11 is 0. The van der Waals surface area contributed by atoms with Crippen molar-refractivity contribution in [3.63, 3.8) is 0 Å². The first-order valence-corrected chi connectivity index (χ1v) is 11.9. The molecule has 2 saturated heterocycles. The number of likely N-dealkylation sites (tertiary alicyclic amines) is 1. The maximum Gasteiger partial charge on any atom is 0.347 e. The van der Waals surface area contributed by atoms with Crippen molar-refractivity contribution in [3.05, 3.63) is 77.1 Å². The minimum absolute atomic E-state index is 0.00909. The minimum Gasteiger partial charge on any atom is -0.378 e. The van der Waals surface area contributed by atoms with Crippen LogP contribution < -0.4 is 5.69 Å². The smallest absolute Gasteiger partial charge is 0.347 e. The fourth-order valence-electron chi connectivity index (χ4n) is 4.98. The number of hydrogen-bond donors (Lipinski definition) is 1. The SMILES string of the molecule is O=C(N1CCOCC1)N1CCC(c2n[nH]c(=O)n2-c2ccc(-c3ccc4cccnc4c3)cc2)C1. The molecule has 178 valence electrons. The zero-order valence-electron chi connectivity index (χ0n) is 19.3. The van der Waals surface area contributed by atoms with Crippen LogP contribution in [0.1, 0.15) is 18.2 Å². The number of carbonyl (C=O) groups is 1. The van der Waals surface area contributed by atoms with Crippen molar-refractivity contribution < 1.29 is 9.53 Å². The van der Waals surface area contributed by atoms with Gasteiger partial charge in [0.05, 0.1) is 24.4 Å². The molecule has 2 aliphatic heterocycles. The highest BCUT2D eigenvalue weighted by Gasteiger charge is 2.33. The van der Waals surface area contributed by atoms with Crippen LogP contribution in [0.2, 0.25) is 0 Å². The largest absolute Gasteiger partial charge is 0.378 e. The molecule has 4 heterocycles. The van der Waals surface area contributed by atoms with Crippen LogP contribution >= 0.6 is 0 Å². The third-order valence-electron chi connectivity index (χ3n) is 6.87. The van der Waals surface area contributed by atoms with Crippen LogP contribution in [0.25, 0.3) is 27.7 Å². The molecule has 1 atom stereocenters. The van der Waals surface area contributed by atoms with Crippen molar-refractivity contribution >= 4 is 16.9 Å². The fraction of sp³-hybridized carbons (Fsp3) is 0.308. The summed E-state index contributed by atoms with van der Waals surface area (Å²) in [5.74, 6) is 0.653. The summed E-state index contributed by atoms with van der Waals surface area (Å²) in [6.45, 7) is 3.58. The number of benzene rings is 2. The van der Waals surface area contributed by atoms with Crippen LogP contribution in [0.4, 0.5) is 4.79 Å². The monoisotopic (exact) mass is 470 g/mol. The predicted molar refractivity (Wildman–Crippen MR) is 132 cm³/mol. The summed E-state index contributed by atoms with van der Waals surface area (Å²) in [6.07, 6.45) is 2.56. The molecule has 4 aromatic rings. The number of amides is 2. The van der Waals surface area contributed by atoms with Crippen LogP contribution in [-0.2, 0) is 4.74 Å². The first-order valence-electron chi connectivity index (χ1n) is 11.9. The summed E-state index contributed by atoms with van der Waals surface area (Å²) in [5, 5.41) is 8.04. The number of rotatable bonds is 3. The molecule has 6 rings (SSSR count). The number of hydrogen-bond acceptors (Lipinski definition) is 5. The molecule has 0 spiro atoms. The molecule has 9 nitrogen and oxygen atoms in total. The molecule has 0 bridgehead atoms. The number of urea groups is 1. The first-order chi connectivity index (χ1) is 17.2. The van der Waals surface area contributed by atoms with E-state index in [2.05, 4.69) is 33.4 Å². The average molecular weight is 471 g/mol. The Balaban J connectivity index is 1.23. The highest BCUT2D eigenvalue weighted by molar-refractivity contribution is 5.84. The number of aromatic nitrogens is 4. The predicted octanol–water partition coefficient (Wildman–Crippen LogP) is 3.02. The Morgan fingerprint density at radius 3 is 2.60 bits per heavy atom. The summed E-state index contributed by atoms with van der Waals surface area (Å²) in [4.78, 5) is 33.7. The van der Waals surface area contributed by atoms with Gasteiger partial charge in [-0.1, -0.05) is 30.3 Å². The lowest BCUT2D eigenvalue weighted by Crippen LogP contribution is -2.47. The van der Waals surface area contributed by atoms with E-state index in [0.717, 1.165) is 34.1 Å². The molecular weight excluding hydrogens is 444 g/mol. The molecule has 2 aromatic heterocycles. The van der Waals surface area contributed by atoms with Gasteiger partial charge in [-0.15, -0.1) is 0 Å². The number of nitrogens with zero attached hydrogens (tertiary/aromatic N) is 5. The number of H-pyrrole nitrogens is 1. The van der Waals surface area contributed by atoms with Gasteiger partial charge in [-0.05, 0) is 41.8 Å². The van der Waals surface area contributed by atoms with Gasteiger partial charge in [-0.25, -0.2) is 19.3 Å². The second kappa shape index (κ2) is 8.99. The number of aromatic amines is 1. The highest BCUT2D eigenvalue weighted by atomic mass is 16.5. The lowest BCUT2D eigenvalue weighted by atomic mass is 10.0. The summed E-state index contributed by atoms with van der Waals surface area (Å²) in [5.41, 5.74) is 3.53. The van der Waals surface area contributed by atoms with Crippen molar-refractivity contribution in [1.29, 1.82) is 0 Å². The molecule has 0 saturated carbocycles. The van der Waals surface area contributed by atoms with Crippen molar-refractivity contribution in [1.82, 2.24) is 29.5 Å². The normalized spacial score (nSPS) is 18.3. The van der Waals surface area contributed by atoms with E-state index in [1.54, 1.807) is 10.8 Å². The van der Waals surface area contributed by atoms with E-state index < -0.39 is 0 Å². The van der Waals surface area contributed by atoms with Crippen LogP contribution in [0, 0.1) is 0 Å². The van der Waals surface area contributed by atoms with Crippen LogP contribution in [0.5, 0.6) is 0 Å². The summed E-state index contributed by atoms with van der Waals surface area (Å²) in [7, 11) is 0. The quantitative estimate of drug-likeness (QED) is 0.497. The minimum atomic E-state index is -0.277. The molecule has 0 aliphatic carbocycles. The molecular formula is C26H26N6O3. The van der Waals surface area contributed by atoms with Crippen molar-refractivity contribution in [3.8, 4) is 16.8 Å². The van der Waals surface area contributed by atoms with Gasteiger partial charge in [0, 0.05) is 43.7 Å². The van der Waals surface area contributed by atoms with Crippen LogP contribution in [0.15, 0.2) is 65.6 Å². The maximum atomic E-state index is 12.9. The van der Waals surface area contributed by atoms with E-state index in [-0.39, 0.29) is 17.6 Å². The highest BCUT2D eigenvalue weighted by Crippen LogP contribution is 2.29. The second-order valence-electron chi connectivity index (χ2n) is 8.99. The molecule has 2 aliphatic rings. The Morgan fingerprint density at radius 2 is 1.77 bits per heavy atom. The molecule has 2 amide bonds. The van der Waals surface area contributed by atoms with Gasteiger partial charge in [0.25, 0.3) is 0 Å². The van der Waals surface area contributed by atoms with Crippen LogP contribution in [0.3, 0.4) is 0 Å². The molecule has 0 radical (unpaired) electrons. The number of fused-ring (bicyclic) bond motifs is 1. The number of pyridine rings is 1. The van der Waals surface area contributed by atoms with Crippen molar-refractivity contribution in [2.45, 2.75) is 12.3 Å². The topological polar surface area (TPSA) is 96.4 Å². The van der Waals surface area contributed by atoms with Gasteiger partial charge in [0.2, 0.25) is 0 Å². The zero-order chi connectivity index (χ0) is 23.8. The Labute approximate surface area is 202 Å². The maximum absolute atomic E-state index is 12.9. The third kappa shape index (κ3) is 4.08. The lowest BCUT2D eigenvalue weighted by molar-refractivity contribution is 0.0450. The van der Waals surface area contributed by atoms with Gasteiger partial charge >= 0.3 is 11.7 Å². The van der Waals surface area contributed by atoms with E-state index in [9.17, 15) is 9.59 Å². The Bertz CT molecular complexity index is 1420. The van der Waals surface area contributed by atoms with E-state index in [1.807, 2.05) is 46.2 Å². The Morgan fingerprint density at radius 1 is 0.971 bits per heavy atom. The molecule has 2 aromatic carbocycles. The van der Waals surface area contributed by atoms with Gasteiger partial charge in [-0.2, -0.15) is 5.10 Å². The van der Waals surface area contributed by atoms with Gasteiger partial charge in [-0.3, -0.25) is 4.98 Å². The van der Waals surface area contributed by atoms with Crippen LogP contribution in [-0.4, -0.2) is 75.0 Å². The molecule has 2 fully saturated rings. The molecule has 35 heavy (non-hydrogen) atoms. The van der Waals surface area contributed by atoms with Gasteiger partial charge < -0.3 is 14.5 Å². The van der Waals surface area contributed by atoms with E-state index in [0.29, 0.717) is 45.2 Å². The number of morpholine rings is 1. The number of ether oxygens (including phenoxy) is 1. The number of nitrogens with one attached hydrogen (secondary N) is 1. The average Bonchev–Trinajstić information content (AvgIpc) is 3.55. The van der Waals surface area contributed by atoms with Crippen molar-refractivity contribution in [2.24, 2.45) is 0 Å². The van der Waals surface area contributed by atoms with E-state index in [4.69, 9.17) is 4.74 Å². The zero-order valence-corrected chi connectivity index (χ0v) is 19.3. The standard InChI is InChI=1S/C26H26N6O3/c33-25-29-28-24(21-9-11-31(17-21)26(34)30-12-14-35-15-13-30)32(25)22-7-5-18(6-8-22)20-4-3-19-2-1-10-27-23(19)16-20/h1-8,10,16,21H,9,11-15,17H2,(H,29,33). The van der Waals surface area contributed by atoms with Gasteiger partial charge in [0.15, 0.2) is 0 Å².